The van der Waals surface area contributed by atoms with Gasteiger partial charge in [-0.3, -0.25) is 0 Å². The third-order valence-electron chi connectivity index (χ3n) is 4.17. The lowest BCUT2D eigenvalue weighted by Gasteiger charge is -2.31. The molecular formula is C12H13N3. The lowest BCUT2D eigenvalue weighted by atomic mass is 9.69. The van der Waals surface area contributed by atoms with Gasteiger partial charge < -0.3 is 0 Å². The molecule has 0 radical (unpaired) electrons. The molecule has 0 aromatic rings. The molecule has 3 nitrogen and oxygen atoms in total. The normalized spacial score (nSPS) is 41.8. The summed E-state index contributed by atoms with van der Waals surface area (Å²) in [6.45, 7) is 0. The van der Waals surface area contributed by atoms with E-state index in [-0.39, 0.29) is 11.3 Å². The van der Waals surface area contributed by atoms with Gasteiger partial charge >= 0.3 is 0 Å². The van der Waals surface area contributed by atoms with E-state index in [1.807, 2.05) is 0 Å². The lowest BCUT2D eigenvalue weighted by Crippen LogP contribution is -2.28. The molecule has 4 atom stereocenters. The van der Waals surface area contributed by atoms with E-state index in [2.05, 4.69) is 18.2 Å². The molecule has 0 spiro atoms. The molecule has 3 heteroatoms. The Labute approximate surface area is 89.9 Å². The fourth-order valence-electron chi connectivity index (χ4n) is 3.37. The van der Waals surface area contributed by atoms with Crippen molar-refractivity contribution in [3.8, 4) is 18.2 Å². The summed E-state index contributed by atoms with van der Waals surface area (Å²) in [4.78, 5) is 0. The van der Waals surface area contributed by atoms with Gasteiger partial charge in [0.25, 0.3) is 0 Å². The number of fused-ring (bicyclic) bond motifs is 2. The smallest absolute Gasteiger partial charge is 0.0693 e. The highest BCUT2D eigenvalue weighted by molar-refractivity contribution is 5.16. The topological polar surface area (TPSA) is 71.4 Å². The van der Waals surface area contributed by atoms with Crippen LogP contribution in [0.3, 0.4) is 0 Å². The van der Waals surface area contributed by atoms with Gasteiger partial charge in [0.2, 0.25) is 0 Å². The molecule has 0 saturated heterocycles. The first-order valence-electron chi connectivity index (χ1n) is 5.43. The van der Waals surface area contributed by atoms with Gasteiger partial charge in [0.05, 0.1) is 23.6 Å². The molecule has 2 fully saturated rings. The van der Waals surface area contributed by atoms with E-state index < -0.39 is 0 Å². The van der Waals surface area contributed by atoms with Gasteiger partial charge in [0.15, 0.2) is 0 Å². The Morgan fingerprint density at radius 3 is 2.47 bits per heavy atom. The third kappa shape index (κ3) is 1.38. The fourth-order valence-corrected chi connectivity index (χ4v) is 3.37. The van der Waals surface area contributed by atoms with Crippen LogP contribution in [0.2, 0.25) is 0 Å². The van der Waals surface area contributed by atoms with E-state index in [4.69, 9.17) is 10.5 Å². The predicted molar refractivity (Wildman–Crippen MR) is 52.8 cm³/mol. The molecule has 15 heavy (non-hydrogen) atoms. The van der Waals surface area contributed by atoms with E-state index in [0.29, 0.717) is 24.7 Å². The van der Waals surface area contributed by atoms with Gasteiger partial charge in [-0.2, -0.15) is 15.8 Å². The van der Waals surface area contributed by atoms with E-state index in [1.54, 1.807) is 0 Å². The van der Waals surface area contributed by atoms with Crippen LogP contribution in [0.25, 0.3) is 0 Å². The van der Waals surface area contributed by atoms with Crippen LogP contribution >= 0.6 is 0 Å². The minimum atomic E-state index is -0.284. The van der Waals surface area contributed by atoms with Crippen molar-refractivity contribution in [1.29, 1.82) is 15.8 Å². The van der Waals surface area contributed by atoms with E-state index in [9.17, 15) is 5.26 Å². The average molecular weight is 199 g/mol. The molecule has 2 aliphatic rings. The van der Waals surface area contributed by atoms with Gasteiger partial charge in [0, 0.05) is 12.3 Å². The Balaban J connectivity index is 2.12. The van der Waals surface area contributed by atoms with Gasteiger partial charge in [-0.25, -0.2) is 0 Å². The van der Waals surface area contributed by atoms with Gasteiger partial charge in [-0.1, -0.05) is 0 Å². The van der Waals surface area contributed by atoms with Gasteiger partial charge in [0.1, 0.15) is 0 Å². The molecule has 76 valence electrons. The number of hydrogen-bond acceptors (Lipinski definition) is 3. The molecular weight excluding hydrogens is 186 g/mol. The van der Waals surface area contributed by atoms with Crippen molar-refractivity contribution >= 4 is 0 Å². The predicted octanol–water partition coefficient (Wildman–Crippen LogP) is 2.37. The zero-order chi connectivity index (χ0) is 10.9. The molecule has 0 amide bonds. The van der Waals surface area contributed by atoms with Crippen molar-refractivity contribution in [2.75, 3.05) is 0 Å². The third-order valence-corrected chi connectivity index (χ3v) is 4.17. The summed E-state index contributed by atoms with van der Waals surface area (Å²) in [5.74, 6) is 0.947. The van der Waals surface area contributed by atoms with Crippen LogP contribution in [0.4, 0.5) is 0 Å². The second-order valence-corrected chi connectivity index (χ2v) is 4.79. The quantitative estimate of drug-likeness (QED) is 0.685. The molecule has 2 aliphatic carbocycles. The summed E-state index contributed by atoms with van der Waals surface area (Å²) in [5.41, 5.74) is -0.284. The highest BCUT2D eigenvalue weighted by Crippen LogP contribution is 2.59. The highest BCUT2D eigenvalue weighted by atomic mass is 14.6. The molecule has 0 aromatic carbocycles. The first-order chi connectivity index (χ1) is 7.25. The fraction of sp³-hybridized carbons (Fsp3) is 0.750. The van der Waals surface area contributed by atoms with Crippen LogP contribution in [-0.4, -0.2) is 0 Å². The Morgan fingerprint density at radius 2 is 2.00 bits per heavy atom. The molecule has 0 N–H and O–H groups in total. The van der Waals surface area contributed by atoms with Crippen LogP contribution in [-0.2, 0) is 0 Å². The number of rotatable bonds is 2. The van der Waals surface area contributed by atoms with Crippen LogP contribution in [0.5, 0.6) is 0 Å². The molecule has 0 aliphatic heterocycles. The van der Waals surface area contributed by atoms with Crippen molar-refractivity contribution in [1.82, 2.24) is 0 Å². The van der Waals surface area contributed by atoms with Gasteiger partial charge in [-0.05, 0) is 37.5 Å². The van der Waals surface area contributed by atoms with Crippen LogP contribution in [0, 0.1) is 57.2 Å². The standard InChI is InChI=1S/C12H13N3/c13-3-1-2-12(8-15)6-9-4-11(12)5-10(9)7-14/h9-11H,1-2,4-6H2. The van der Waals surface area contributed by atoms with Crippen LogP contribution < -0.4 is 0 Å². The van der Waals surface area contributed by atoms with Crippen LogP contribution in [0.1, 0.15) is 32.1 Å². The number of nitriles is 3. The first-order valence-corrected chi connectivity index (χ1v) is 5.43. The minimum Gasteiger partial charge on any atom is -0.198 e. The van der Waals surface area contributed by atoms with E-state index in [0.717, 1.165) is 19.3 Å². The maximum atomic E-state index is 9.28. The highest BCUT2D eigenvalue weighted by Gasteiger charge is 2.55. The maximum Gasteiger partial charge on any atom is 0.0693 e. The van der Waals surface area contributed by atoms with E-state index in [1.165, 1.54) is 0 Å². The number of hydrogen-bond donors (Lipinski definition) is 0. The van der Waals surface area contributed by atoms with Crippen molar-refractivity contribution in [3.05, 3.63) is 0 Å². The summed E-state index contributed by atoms with van der Waals surface area (Å²) in [5, 5.41) is 26.8. The number of nitrogens with zero attached hydrogens (tertiary/aromatic N) is 3. The zero-order valence-electron chi connectivity index (χ0n) is 8.61. The molecule has 2 bridgehead atoms. The average Bonchev–Trinajstić information content (AvgIpc) is 2.83. The molecule has 2 saturated carbocycles. The summed E-state index contributed by atoms with van der Waals surface area (Å²) < 4.78 is 0. The summed E-state index contributed by atoms with van der Waals surface area (Å²) in [6, 6.07) is 6.89. The summed E-state index contributed by atoms with van der Waals surface area (Å²) in [7, 11) is 0. The summed E-state index contributed by atoms with van der Waals surface area (Å²) in [6.07, 6.45) is 3.90. The zero-order valence-corrected chi connectivity index (χ0v) is 8.61. The molecule has 0 aromatic heterocycles. The second kappa shape index (κ2) is 3.56. The van der Waals surface area contributed by atoms with Crippen LogP contribution in [0.15, 0.2) is 0 Å². The second-order valence-electron chi connectivity index (χ2n) is 4.79. The van der Waals surface area contributed by atoms with Crippen molar-refractivity contribution in [2.45, 2.75) is 32.1 Å². The lowest BCUT2D eigenvalue weighted by molar-refractivity contribution is 0.203. The van der Waals surface area contributed by atoms with Crippen molar-refractivity contribution in [3.63, 3.8) is 0 Å². The Hall–Kier alpha value is -1.53. The monoisotopic (exact) mass is 199 g/mol. The first kappa shape index (κ1) is 10.0. The van der Waals surface area contributed by atoms with E-state index >= 15 is 0 Å². The summed E-state index contributed by atoms with van der Waals surface area (Å²) >= 11 is 0. The SMILES string of the molecule is N#CCCC1(C#N)CC2CC1CC2C#N. The Bertz CT molecular complexity index is 381. The Morgan fingerprint density at radius 1 is 1.20 bits per heavy atom. The maximum absolute atomic E-state index is 9.28. The molecule has 2 rings (SSSR count). The largest absolute Gasteiger partial charge is 0.198 e. The molecule has 0 heterocycles. The van der Waals surface area contributed by atoms with Crippen molar-refractivity contribution in [2.24, 2.45) is 23.2 Å². The molecule has 4 unspecified atom stereocenters. The Kier molecular flexibility index (Phi) is 2.37. The van der Waals surface area contributed by atoms with Gasteiger partial charge in [-0.15, -0.1) is 0 Å². The van der Waals surface area contributed by atoms with Crippen molar-refractivity contribution < 1.29 is 0 Å². The minimum absolute atomic E-state index is 0.165.